The highest BCUT2D eigenvalue weighted by Crippen LogP contribution is 2.41. The predicted octanol–water partition coefficient (Wildman–Crippen LogP) is 2.46. The molecule has 2 N–H and O–H groups in total. The minimum absolute atomic E-state index is 0.0426. The molecule has 2 amide bonds. The lowest BCUT2D eigenvalue weighted by molar-refractivity contribution is -0.128. The molecule has 3 aliphatic rings. The Morgan fingerprint density at radius 2 is 2.00 bits per heavy atom. The summed E-state index contributed by atoms with van der Waals surface area (Å²) in [5, 5.41) is 14.1. The van der Waals surface area contributed by atoms with E-state index in [1.54, 1.807) is 6.07 Å². The van der Waals surface area contributed by atoms with Crippen LogP contribution in [0, 0.1) is 5.41 Å². The third-order valence-electron chi connectivity index (χ3n) is 6.10. The van der Waals surface area contributed by atoms with Crippen molar-refractivity contribution in [2.24, 2.45) is 5.41 Å². The normalized spacial score (nSPS) is 26.5. The first-order chi connectivity index (χ1) is 11.6. The van der Waals surface area contributed by atoms with Crippen molar-refractivity contribution in [1.29, 1.82) is 0 Å². The molecule has 1 aromatic rings. The molecule has 1 saturated heterocycles. The summed E-state index contributed by atoms with van der Waals surface area (Å²) in [7, 11) is 0. The van der Waals surface area contributed by atoms with Crippen LogP contribution in [0.15, 0.2) is 18.2 Å². The van der Waals surface area contributed by atoms with Gasteiger partial charge >= 0.3 is 0 Å². The number of aryl methyl sites for hydroxylation is 1. The van der Waals surface area contributed by atoms with E-state index in [0.29, 0.717) is 5.56 Å². The number of nitrogens with zero attached hydrogens (tertiary/aromatic N) is 1. The van der Waals surface area contributed by atoms with Gasteiger partial charge in [-0.25, -0.2) is 5.06 Å². The summed E-state index contributed by atoms with van der Waals surface area (Å²) in [6, 6.07) is 5.64. The molecule has 128 valence electrons. The van der Waals surface area contributed by atoms with Crippen LogP contribution < -0.4 is 5.32 Å². The molecule has 1 aromatic carbocycles. The molecule has 1 atom stereocenters. The van der Waals surface area contributed by atoms with Crippen molar-refractivity contribution in [1.82, 2.24) is 10.4 Å². The van der Waals surface area contributed by atoms with Crippen LogP contribution in [0.5, 0.6) is 0 Å². The van der Waals surface area contributed by atoms with Gasteiger partial charge in [0.05, 0.1) is 11.5 Å². The molecule has 1 aliphatic heterocycles. The Morgan fingerprint density at radius 3 is 2.71 bits per heavy atom. The van der Waals surface area contributed by atoms with Crippen LogP contribution >= 0.6 is 0 Å². The number of benzene rings is 1. The topological polar surface area (TPSA) is 69.6 Å². The minimum Gasteiger partial charge on any atom is -0.356 e. The zero-order valence-electron chi connectivity index (χ0n) is 13.9. The van der Waals surface area contributed by atoms with Crippen molar-refractivity contribution >= 4 is 11.8 Å². The van der Waals surface area contributed by atoms with Crippen LogP contribution in [0.1, 0.15) is 60.0 Å². The molecule has 24 heavy (non-hydrogen) atoms. The minimum atomic E-state index is -0.302. The third-order valence-corrected chi connectivity index (χ3v) is 6.10. The zero-order valence-corrected chi connectivity index (χ0v) is 13.9. The highest BCUT2D eigenvalue weighted by Gasteiger charge is 2.44. The maximum Gasteiger partial charge on any atom is 0.277 e. The van der Waals surface area contributed by atoms with E-state index in [4.69, 9.17) is 0 Å². The van der Waals surface area contributed by atoms with Gasteiger partial charge in [-0.3, -0.25) is 14.8 Å². The lowest BCUT2D eigenvalue weighted by Gasteiger charge is -2.32. The van der Waals surface area contributed by atoms with E-state index >= 15 is 0 Å². The van der Waals surface area contributed by atoms with Gasteiger partial charge in [0.25, 0.3) is 5.91 Å². The summed E-state index contributed by atoms with van der Waals surface area (Å²) in [4.78, 5) is 24.7. The van der Waals surface area contributed by atoms with Crippen LogP contribution in [0.3, 0.4) is 0 Å². The van der Waals surface area contributed by atoms with Gasteiger partial charge in [0, 0.05) is 12.1 Å². The van der Waals surface area contributed by atoms with Crippen molar-refractivity contribution in [3.05, 3.63) is 34.9 Å². The Balaban J connectivity index is 1.54. The average Bonchev–Trinajstić information content (AvgIpc) is 3.24. The fraction of sp³-hybridized carbons (Fsp3) is 0.579. The number of fused-ring (bicyclic) bond motifs is 1. The van der Waals surface area contributed by atoms with Crippen LogP contribution in [0.4, 0.5) is 0 Å². The van der Waals surface area contributed by atoms with E-state index in [1.807, 2.05) is 12.1 Å². The molecule has 4 rings (SSSR count). The number of carbonyl (C=O) groups is 2. The summed E-state index contributed by atoms with van der Waals surface area (Å²) in [5.74, 6) is -0.125. The second-order valence-corrected chi connectivity index (χ2v) is 7.53. The molecular weight excluding hydrogens is 304 g/mol. The molecule has 5 nitrogen and oxygen atoms in total. The molecule has 1 spiro atoms. The molecule has 0 radical (unpaired) electrons. The van der Waals surface area contributed by atoms with E-state index in [1.165, 1.54) is 5.56 Å². The second-order valence-electron chi connectivity index (χ2n) is 7.53. The number of amides is 2. The Bertz CT molecular complexity index is 681. The standard InChI is InChI=1S/C19H24N2O3/c22-17(21(24)16-3-1-2-4-16)14-5-6-15-12-19(8-7-13(15)11-14)9-10-20-18(19)23/h5-6,11,16,24H,1-4,7-10,12H2,(H,20,23)/t19-/m1/s1. The smallest absolute Gasteiger partial charge is 0.277 e. The van der Waals surface area contributed by atoms with Crippen LogP contribution in [-0.4, -0.2) is 34.7 Å². The molecule has 0 bridgehead atoms. The third kappa shape index (κ3) is 2.51. The molecular formula is C19H24N2O3. The van der Waals surface area contributed by atoms with Gasteiger partial charge in [0.2, 0.25) is 5.91 Å². The highest BCUT2D eigenvalue weighted by atomic mass is 16.5. The van der Waals surface area contributed by atoms with E-state index in [9.17, 15) is 14.8 Å². The monoisotopic (exact) mass is 328 g/mol. The van der Waals surface area contributed by atoms with Crippen molar-refractivity contribution in [2.75, 3.05) is 6.54 Å². The van der Waals surface area contributed by atoms with Crippen molar-refractivity contribution in [3.8, 4) is 0 Å². The number of carbonyl (C=O) groups excluding carboxylic acids is 2. The van der Waals surface area contributed by atoms with Gasteiger partial charge in [-0.15, -0.1) is 0 Å². The molecule has 1 saturated carbocycles. The predicted molar refractivity (Wildman–Crippen MR) is 88.7 cm³/mol. The lowest BCUT2D eigenvalue weighted by atomic mass is 9.70. The van der Waals surface area contributed by atoms with E-state index in [2.05, 4.69) is 5.32 Å². The number of hydrogen-bond donors (Lipinski definition) is 2. The number of hydroxylamine groups is 2. The Hall–Kier alpha value is -1.88. The van der Waals surface area contributed by atoms with E-state index in [0.717, 1.165) is 68.5 Å². The van der Waals surface area contributed by atoms with Crippen LogP contribution in [0.2, 0.25) is 0 Å². The fourth-order valence-corrected chi connectivity index (χ4v) is 4.56. The SMILES string of the molecule is O=C(c1ccc2c(c1)CC[C@@]1(CCNC1=O)C2)N(O)C1CCCC1. The first-order valence-electron chi connectivity index (χ1n) is 9.02. The molecule has 5 heteroatoms. The number of nitrogens with one attached hydrogen (secondary N) is 1. The second kappa shape index (κ2) is 5.88. The number of rotatable bonds is 2. The molecule has 1 heterocycles. The Labute approximate surface area is 142 Å². The fourth-order valence-electron chi connectivity index (χ4n) is 4.56. The van der Waals surface area contributed by atoms with E-state index in [-0.39, 0.29) is 23.3 Å². The van der Waals surface area contributed by atoms with Crippen LogP contribution in [-0.2, 0) is 17.6 Å². The summed E-state index contributed by atoms with van der Waals surface area (Å²) in [5.41, 5.74) is 2.62. The summed E-state index contributed by atoms with van der Waals surface area (Å²) >= 11 is 0. The maximum atomic E-state index is 12.5. The van der Waals surface area contributed by atoms with Gasteiger partial charge in [-0.05, 0) is 61.8 Å². The van der Waals surface area contributed by atoms with Gasteiger partial charge in [0.1, 0.15) is 0 Å². The number of hydrogen-bond acceptors (Lipinski definition) is 3. The van der Waals surface area contributed by atoms with Crippen molar-refractivity contribution in [3.63, 3.8) is 0 Å². The first kappa shape index (κ1) is 15.6. The van der Waals surface area contributed by atoms with Crippen LogP contribution in [0.25, 0.3) is 0 Å². The van der Waals surface area contributed by atoms with Crippen molar-refractivity contribution in [2.45, 2.75) is 57.4 Å². The zero-order chi connectivity index (χ0) is 16.7. The van der Waals surface area contributed by atoms with Gasteiger partial charge in [-0.1, -0.05) is 18.9 Å². The quantitative estimate of drug-likeness (QED) is 0.647. The van der Waals surface area contributed by atoms with Gasteiger partial charge in [0.15, 0.2) is 0 Å². The highest BCUT2D eigenvalue weighted by molar-refractivity contribution is 5.94. The first-order valence-corrected chi connectivity index (χ1v) is 9.02. The van der Waals surface area contributed by atoms with Crippen molar-refractivity contribution < 1.29 is 14.8 Å². The van der Waals surface area contributed by atoms with Gasteiger partial charge < -0.3 is 5.32 Å². The summed E-state index contributed by atoms with van der Waals surface area (Å²) < 4.78 is 0. The van der Waals surface area contributed by atoms with Gasteiger partial charge in [-0.2, -0.15) is 0 Å². The Morgan fingerprint density at radius 1 is 1.21 bits per heavy atom. The lowest BCUT2D eigenvalue weighted by Crippen LogP contribution is -2.37. The molecule has 0 unspecified atom stereocenters. The molecule has 2 aliphatic carbocycles. The molecule has 2 fully saturated rings. The molecule has 0 aromatic heterocycles. The van der Waals surface area contributed by atoms with E-state index < -0.39 is 0 Å². The Kier molecular flexibility index (Phi) is 3.83. The summed E-state index contributed by atoms with van der Waals surface area (Å²) in [6.07, 6.45) is 7.22. The average molecular weight is 328 g/mol. The maximum absolute atomic E-state index is 12.5. The largest absolute Gasteiger partial charge is 0.356 e. The summed E-state index contributed by atoms with van der Waals surface area (Å²) in [6.45, 7) is 0.769.